The number of likely N-dealkylation sites (N-methyl/N-ethyl adjacent to an activating group) is 1. The molecule has 232 valence electrons. The van der Waals surface area contributed by atoms with Gasteiger partial charge in [0.15, 0.2) is 0 Å². The molecule has 0 radical (unpaired) electrons. The van der Waals surface area contributed by atoms with Crippen LogP contribution < -0.4 is 25.6 Å². The zero-order chi connectivity index (χ0) is 30.8. The molecule has 4 aromatic rings. The lowest BCUT2D eigenvalue weighted by molar-refractivity contribution is 0.0982. The predicted octanol–water partition coefficient (Wildman–Crippen LogP) is 5.57. The second-order valence-electron chi connectivity index (χ2n) is 11.8. The number of ether oxygens (including phenoxy) is 1. The molecule has 2 fully saturated rings. The molecule has 0 saturated carbocycles. The van der Waals surface area contributed by atoms with Crippen molar-refractivity contribution in [3.8, 4) is 5.75 Å². The van der Waals surface area contributed by atoms with Gasteiger partial charge >= 0.3 is 0 Å². The van der Waals surface area contributed by atoms with Crippen LogP contribution in [0.3, 0.4) is 0 Å². The SMILES string of the molecule is COc1cc(N2CCC(N3CCN(C)CC3)CC2)c(C)cc1Nc1ncc(Br)c(Nc2ccc3nccnc3c2P(C)C)n1. The predicted molar refractivity (Wildman–Crippen MR) is 186 cm³/mol. The van der Waals surface area contributed by atoms with E-state index in [1.54, 1.807) is 25.7 Å². The lowest BCUT2D eigenvalue weighted by Gasteiger charge is -2.43. The van der Waals surface area contributed by atoms with E-state index in [4.69, 9.17) is 9.72 Å². The Balaban J connectivity index is 1.19. The van der Waals surface area contributed by atoms with Crippen molar-refractivity contribution in [1.82, 2.24) is 29.7 Å². The molecule has 2 aromatic carbocycles. The molecule has 0 spiro atoms. The van der Waals surface area contributed by atoms with Crippen molar-refractivity contribution in [3.63, 3.8) is 0 Å². The summed E-state index contributed by atoms with van der Waals surface area (Å²) in [6, 6.07) is 9.02. The van der Waals surface area contributed by atoms with Crippen LogP contribution in [-0.4, -0.2) is 103 Å². The highest BCUT2D eigenvalue weighted by atomic mass is 79.9. The van der Waals surface area contributed by atoms with E-state index in [0.717, 1.165) is 51.0 Å². The number of halogens is 1. The number of methoxy groups -OCH3 is 1. The van der Waals surface area contributed by atoms with Crippen molar-refractivity contribution in [2.75, 3.05) is 82.3 Å². The first kappa shape index (κ1) is 30.9. The highest BCUT2D eigenvalue weighted by Crippen LogP contribution is 2.37. The van der Waals surface area contributed by atoms with Crippen molar-refractivity contribution in [3.05, 3.63) is 52.9 Å². The van der Waals surface area contributed by atoms with E-state index in [0.29, 0.717) is 17.8 Å². The van der Waals surface area contributed by atoms with Gasteiger partial charge in [-0.15, -0.1) is 0 Å². The van der Waals surface area contributed by atoms with Crippen LogP contribution in [0.1, 0.15) is 18.4 Å². The van der Waals surface area contributed by atoms with E-state index in [9.17, 15) is 0 Å². The number of hydrogen-bond donors (Lipinski definition) is 2. The lowest BCUT2D eigenvalue weighted by atomic mass is 10.0. The van der Waals surface area contributed by atoms with Crippen molar-refractivity contribution in [1.29, 1.82) is 0 Å². The van der Waals surface area contributed by atoms with Gasteiger partial charge in [0.05, 0.1) is 28.3 Å². The second-order valence-corrected chi connectivity index (χ2v) is 14.9. The molecular formula is C32H41BrN9OP. The average molecular weight is 679 g/mol. The molecule has 4 heterocycles. The summed E-state index contributed by atoms with van der Waals surface area (Å²) in [5.41, 5.74) is 6.03. The third kappa shape index (κ3) is 6.61. The quantitative estimate of drug-likeness (QED) is 0.231. The largest absolute Gasteiger partial charge is 0.494 e. The van der Waals surface area contributed by atoms with Gasteiger partial charge in [-0.25, -0.2) is 4.98 Å². The van der Waals surface area contributed by atoms with Crippen molar-refractivity contribution in [2.45, 2.75) is 25.8 Å². The van der Waals surface area contributed by atoms with E-state index in [-0.39, 0.29) is 0 Å². The molecule has 0 bridgehead atoms. The standard InChI is InChI=1S/C32H41BrN9OP/c1-21-18-26(28(43-3)19-27(21)42-12-8-22(9-13-42)41-16-14-40(2)15-17-41)38-32-36-20-23(33)31(39-32)37-25-7-6-24-29(30(25)44(4)5)35-11-10-34-24/h6-7,10-11,18-20,22H,8-9,12-17H2,1-5H3,(H2,36,37,38,39). The summed E-state index contributed by atoms with van der Waals surface area (Å²) in [4.78, 5) is 26.1. The first-order chi connectivity index (χ1) is 21.3. The van der Waals surface area contributed by atoms with E-state index in [1.807, 2.05) is 6.07 Å². The normalized spacial score (nSPS) is 16.9. The Morgan fingerprint density at radius 2 is 1.68 bits per heavy atom. The van der Waals surface area contributed by atoms with Crippen LogP contribution in [0, 0.1) is 6.92 Å². The van der Waals surface area contributed by atoms with Gasteiger partial charge in [0, 0.05) is 86.6 Å². The molecule has 2 aromatic heterocycles. The molecule has 0 atom stereocenters. The van der Waals surface area contributed by atoms with Gasteiger partial charge in [-0.3, -0.25) is 14.9 Å². The fourth-order valence-corrected chi connectivity index (χ4v) is 7.78. The minimum atomic E-state index is -0.460. The first-order valence-electron chi connectivity index (χ1n) is 15.1. The number of aromatic nitrogens is 4. The number of nitrogens with zero attached hydrogens (tertiary/aromatic N) is 7. The van der Waals surface area contributed by atoms with Gasteiger partial charge < -0.3 is 25.2 Å². The molecule has 0 unspecified atom stereocenters. The van der Waals surface area contributed by atoms with Crippen LogP contribution >= 0.6 is 23.9 Å². The topological polar surface area (TPSA) is 94.6 Å². The smallest absolute Gasteiger partial charge is 0.229 e. The van der Waals surface area contributed by atoms with Crippen LogP contribution in [0.5, 0.6) is 5.75 Å². The van der Waals surface area contributed by atoms with Crippen LogP contribution in [0.25, 0.3) is 11.0 Å². The summed E-state index contributed by atoms with van der Waals surface area (Å²) < 4.78 is 6.64. The monoisotopic (exact) mass is 677 g/mol. The molecule has 2 aliphatic rings. The Labute approximate surface area is 269 Å². The molecule has 44 heavy (non-hydrogen) atoms. The highest BCUT2D eigenvalue weighted by Gasteiger charge is 2.28. The molecular weight excluding hydrogens is 637 g/mol. The fourth-order valence-electron chi connectivity index (χ4n) is 6.28. The van der Waals surface area contributed by atoms with Gasteiger partial charge in [-0.2, -0.15) is 4.98 Å². The van der Waals surface area contributed by atoms with E-state index in [2.05, 4.69) is 102 Å². The molecule has 0 aliphatic carbocycles. The third-order valence-electron chi connectivity index (χ3n) is 8.68. The van der Waals surface area contributed by atoms with E-state index in [1.165, 1.54) is 50.3 Å². The van der Waals surface area contributed by atoms with Gasteiger partial charge in [0.2, 0.25) is 5.95 Å². The number of fused-ring (bicyclic) bond motifs is 1. The minimum Gasteiger partial charge on any atom is -0.494 e. The summed E-state index contributed by atoms with van der Waals surface area (Å²) in [5.74, 6) is 1.91. The molecule has 2 N–H and O–H groups in total. The molecule has 10 nitrogen and oxygen atoms in total. The number of anilines is 5. The Bertz CT molecular complexity index is 1620. The summed E-state index contributed by atoms with van der Waals surface area (Å²) >= 11 is 3.64. The van der Waals surface area contributed by atoms with Gasteiger partial charge in [0.25, 0.3) is 0 Å². The zero-order valence-corrected chi connectivity index (χ0v) is 28.6. The third-order valence-corrected chi connectivity index (χ3v) is 10.6. The molecule has 2 saturated heterocycles. The molecule has 12 heteroatoms. The van der Waals surface area contributed by atoms with Crippen LogP contribution in [0.4, 0.5) is 28.8 Å². The Hall–Kier alpha value is -3.11. The van der Waals surface area contributed by atoms with Gasteiger partial charge in [-0.1, -0.05) is 7.92 Å². The van der Waals surface area contributed by atoms with Crippen molar-refractivity contribution >= 4 is 69.0 Å². The Kier molecular flexibility index (Phi) is 9.47. The maximum absolute atomic E-state index is 5.87. The van der Waals surface area contributed by atoms with Crippen molar-refractivity contribution in [2.24, 2.45) is 0 Å². The van der Waals surface area contributed by atoms with E-state index >= 15 is 0 Å². The molecule has 2 aliphatic heterocycles. The molecule has 0 amide bonds. The summed E-state index contributed by atoms with van der Waals surface area (Å²) in [6.07, 6.45) is 7.62. The van der Waals surface area contributed by atoms with Crippen LogP contribution in [0.2, 0.25) is 0 Å². The lowest BCUT2D eigenvalue weighted by Crippen LogP contribution is -2.52. The Morgan fingerprint density at radius 1 is 0.932 bits per heavy atom. The maximum atomic E-state index is 5.87. The number of piperazine rings is 1. The summed E-state index contributed by atoms with van der Waals surface area (Å²) in [6.45, 7) is 13.4. The number of nitrogens with one attached hydrogen (secondary N) is 2. The summed E-state index contributed by atoms with van der Waals surface area (Å²) in [5, 5.41) is 8.10. The molecule has 6 rings (SSSR count). The number of piperidine rings is 1. The second kappa shape index (κ2) is 13.5. The minimum absolute atomic E-state index is 0.460. The zero-order valence-electron chi connectivity index (χ0n) is 26.1. The summed E-state index contributed by atoms with van der Waals surface area (Å²) in [7, 11) is 3.48. The van der Waals surface area contributed by atoms with Crippen molar-refractivity contribution < 1.29 is 4.74 Å². The van der Waals surface area contributed by atoms with E-state index < -0.39 is 7.92 Å². The van der Waals surface area contributed by atoms with Crippen LogP contribution in [0.15, 0.2) is 47.3 Å². The van der Waals surface area contributed by atoms with Gasteiger partial charge in [-0.05, 0) is 79.8 Å². The number of aryl methyl sites for hydroxylation is 1. The number of hydrogen-bond acceptors (Lipinski definition) is 10. The number of rotatable bonds is 8. The highest BCUT2D eigenvalue weighted by molar-refractivity contribution is 9.10. The fraction of sp³-hybridized carbons (Fsp3) is 0.438. The van der Waals surface area contributed by atoms with Crippen LogP contribution in [-0.2, 0) is 0 Å². The van der Waals surface area contributed by atoms with Gasteiger partial charge in [0.1, 0.15) is 11.6 Å². The number of benzene rings is 2. The maximum Gasteiger partial charge on any atom is 0.229 e. The average Bonchev–Trinajstić information content (AvgIpc) is 3.03. The first-order valence-corrected chi connectivity index (χ1v) is 18.2. The Morgan fingerprint density at radius 3 is 2.41 bits per heavy atom.